The molecular formula is C68H129NO5. The van der Waals surface area contributed by atoms with Gasteiger partial charge in [0.25, 0.3) is 0 Å². The molecule has 0 aromatic carbocycles. The fourth-order valence-corrected chi connectivity index (χ4v) is 10.3. The molecule has 2 unspecified atom stereocenters. The van der Waals surface area contributed by atoms with Crippen molar-refractivity contribution in [1.29, 1.82) is 0 Å². The normalized spacial score (nSPS) is 12.8. The van der Waals surface area contributed by atoms with E-state index in [4.69, 9.17) is 4.74 Å². The Kier molecular flexibility index (Phi) is 62.0. The molecule has 0 aromatic rings. The molecule has 0 bridgehead atoms. The van der Waals surface area contributed by atoms with Crippen LogP contribution < -0.4 is 5.32 Å². The van der Waals surface area contributed by atoms with Crippen molar-refractivity contribution in [3.8, 4) is 0 Å². The van der Waals surface area contributed by atoms with Gasteiger partial charge in [-0.05, 0) is 64.2 Å². The summed E-state index contributed by atoms with van der Waals surface area (Å²) in [5.41, 5.74) is 0. The summed E-state index contributed by atoms with van der Waals surface area (Å²) in [5.74, 6) is -0.0518. The van der Waals surface area contributed by atoms with Gasteiger partial charge in [0.15, 0.2) is 0 Å². The van der Waals surface area contributed by atoms with Gasteiger partial charge in [-0.1, -0.05) is 320 Å². The van der Waals surface area contributed by atoms with Crippen molar-refractivity contribution in [2.24, 2.45) is 0 Å². The Labute approximate surface area is 462 Å². The Hall–Kier alpha value is -1.92. The third kappa shape index (κ3) is 59.3. The molecule has 2 atom stereocenters. The Bertz CT molecular complexity index is 1200. The first-order valence-corrected chi connectivity index (χ1v) is 33.3. The summed E-state index contributed by atoms with van der Waals surface area (Å²) in [6.07, 6.45) is 80.7. The number of hydrogen-bond acceptors (Lipinski definition) is 5. The fourth-order valence-electron chi connectivity index (χ4n) is 10.3. The summed E-state index contributed by atoms with van der Waals surface area (Å²) in [6, 6.07) is -0.626. The van der Waals surface area contributed by atoms with Gasteiger partial charge in [0.05, 0.1) is 25.4 Å². The number of rotatable bonds is 62. The summed E-state index contributed by atoms with van der Waals surface area (Å²) in [4.78, 5) is 24.5. The number of amides is 1. The lowest BCUT2D eigenvalue weighted by Gasteiger charge is -2.20. The van der Waals surface area contributed by atoms with Crippen LogP contribution in [-0.4, -0.2) is 47.4 Å². The van der Waals surface area contributed by atoms with Crippen LogP contribution in [0.3, 0.4) is 0 Å². The Morgan fingerprint density at radius 1 is 0.378 bits per heavy atom. The minimum atomic E-state index is -0.842. The molecule has 74 heavy (non-hydrogen) atoms. The minimum Gasteiger partial charge on any atom is -0.466 e. The molecule has 3 N–H and O–H groups in total. The zero-order chi connectivity index (χ0) is 53.6. The van der Waals surface area contributed by atoms with E-state index in [9.17, 15) is 19.8 Å². The molecule has 6 heteroatoms. The highest BCUT2D eigenvalue weighted by atomic mass is 16.5. The maximum absolute atomic E-state index is 12.4. The molecule has 1 amide bonds. The summed E-state index contributed by atoms with van der Waals surface area (Å²) < 4.78 is 5.49. The predicted molar refractivity (Wildman–Crippen MR) is 324 cm³/mol. The van der Waals surface area contributed by atoms with Crippen molar-refractivity contribution in [3.05, 3.63) is 36.5 Å². The highest BCUT2D eigenvalue weighted by molar-refractivity contribution is 5.76. The molecule has 0 rings (SSSR count). The van der Waals surface area contributed by atoms with Crippen LogP contribution in [0.1, 0.15) is 361 Å². The second kappa shape index (κ2) is 63.6. The SMILES string of the molecule is CCCCCCCCCCC/C=C/C(O)C(CO)NC(=O)CCCCCCCCCCCCCCCCC/C=C\C/C=C\CCCCCCCCCCCOC(=O)CCCCCCCCCCCCCCCCC. The number of unbranched alkanes of at least 4 members (excludes halogenated alkanes) is 47. The monoisotopic (exact) mass is 1040 g/mol. The number of nitrogens with one attached hydrogen (secondary N) is 1. The second-order valence-electron chi connectivity index (χ2n) is 22.8. The van der Waals surface area contributed by atoms with Gasteiger partial charge in [-0.3, -0.25) is 9.59 Å². The van der Waals surface area contributed by atoms with E-state index < -0.39 is 12.1 Å². The van der Waals surface area contributed by atoms with Gasteiger partial charge in [0, 0.05) is 12.8 Å². The van der Waals surface area contributed by atoms with Crippen LogP contribution in [0.4, 0.5) is 0 Å². The zero-order valence-electron chi connectivity index (χ0n) is 49.8. The molecule has 0 saturated heterocycles. The topological polar surface area (TPSA) is 95.9 Å². The maximum atomic E-state index is 12.4. The van der Waals surface area contributed by atoms with Crippen LogP contribution in [0.2, 0.25) is 0 Å². The average Bonchev–Trinajstić information content (AvgIpc) is 3.40. The standard InChI is InChI=1S/C68H129NO5/c1-3-5-7-9-11-13-15-16-34-38-42-46-50-54-58-62-68(73)74-63-59-55-51-47-43-39-36-33-31-29-27-25-23-21-19-17-18-20-22-24-26-28-30-32-35-37-41-45-49-53-57-61-67(72)69-65(64-70)66(71)60-56-52-48-44-40-14-12-10-8-6-4-2/h19,21,25,27,56,60,65-66,70-71H,3-18,20,22-24,26,28-55,57-59,61-64H2,1-2H3,(H,69,72)/b21-19-,27-25-,60-56+. The zero-order valence-corrected chi connectivity index (χ0v) is 49.8. The first-order valence-electron chi connectivity index (χ1n) is 33.3. The van der Waals surface area contributed by atoms with E-state index in [2.05, 4.69) is 43.5 Å². The molecular weight excluding hydrogens is 911 g/mol. The fraction of sp³-hybridized carbons (Fsp3) is 0.882. The summed E-state index contributed by atoms with van der Waals surface area (Å²) in [6.45, 7) is 4.91. The van der Waals surface area contributed by atoms with Crippen molar-refractivity contribution in [2.45, 2.75) is 373 Å². The number of aliphatic hydroxyl groups is 2. The van der Waals surface area contributed by atoms with Crippen LogP contribution in [0.5, 0.6) is 0 Å². The van der Waals surface area contributed by atoms with Crippen LogP contribution in [0.15, 0.2) is 36.5 Å². The van der Waals surface area contributed by atoms with E-state index in [0.717, 1.165) is 44.9 Å². The third-order valence-corrected chi connectivity index (χ3v) is 15.4. The molecule has 0 heterocycles. The van der Waals surface area contributed by atoms with Gasteiger partial charge >= 0.3 is 5.97 Å². The molecule has 0 radical (unpaired) electrons. The molecule has 436 valence electrons. The van der Waals surface area contributed by atoms with Crippen LogP contribution in [0.25, 0.3) is 0 Å². The van der Waals surface area contributed by atoms with Gasteiger partial charge < -0.3 is 20.3 Å². The van der Waals surface area contributed by atoms with E-state index in [0.29, 0.717) is 19.4 Å². The van der Waals surface area contributed by atoms with Crippen LogP contribution >= 0.6 is 0 Å². The van der Waals surface area contributed by atoms with Gasteiger partial charge in [-0.25, -0.2) is 0 Å². The minimum absolute atomic E-state index is 0.0159. The van der Waals surface area contributed by atoms with Gasteiger partial charge in [-0.2, -0.15) is 0 Å². The van der Waals surface area contributed by atoms with Crippen LogP contribution in [-0.2, 0) is 14.3 Å². The average molecular weight is 1040 g/mol. The van der Waals surface area contributed by atoms with Crippen molar-refractivity contribution in [2.75, 3.05) is 13.2 Å². The van der Waals surface area contributed by atoms with E-state index in [1.165, 1.54) is 289 Å². The Morgan fingerprint density at radius 3 is 1.03 bits per heavy atom. The molecule has 0 aliphatic heterocycles. The molecule has 0 fully saturated rings. The lowest BCUT2D eigenvalue weighted by molar-refractivity contribution is -0.143. The number of aliphatic hydroxyl groups excluding tert-OH is 2. The molecule has 0 aromatic heterocycles. The number of ether oxygens (including phenoxy) is 1. The summed E-state index contributed by atoms with van der Waals surface area (Å²) in [7, 11) is 0. The molecule has 0 saturated carbocycles. The Morgan fingerprint density at radius 2 is 0.676 bits per heavy atom. The largest absolute Gasteiger partial charge is 0.466 e. The maximum Gasteiger partial charge on any atom is 0.305 e. The smallest absolute Gasteiger partial charge is 0.305 e. The predicted octanol–water partition coefficient (Wildman–Crippen LogP) is 21.1. The van der Waals surface area contributed by atoms with Crippen molar-refractivity contribution in [1.82, 2.24) is 5.32 Å². The van der Waals surface area contributed by atoms with Crippen molar-refractivity contribution < 1.29 is 24.5 Å². The quantitative estimate of drug-likeness (QED) is 0.0320. The number of allylic oxidation sites excluding steroid dienone is 5. The number of carbonyl (C=O) groups excluding carboxylic acids is 2. The number of esters is 1. The van der Waals surface area contributed by atoms with Crippen molar-refractivity contribution in [3.63, 3.8) is 0 Å². The number of carbonyl (C=O) groups is 2. The lowest BCUT2D eigenvalue weighted by atomic mass is 10.0. The van der Waals surface area contributed by atoms with E-state index in [1.807, 2.05) is 6.08 Å². The molecule has 0 aliphatic carbocycles. The van der Waals surface area contributed by atoms with E-state index in [-0.39, 0.29) is 18.5 Å². The second-order valence-corrected chi connectivity index (χ2v) is 22.8. The van der Waals surface area contributed by atoms with Crippen molar-refractivity contribution >= 4 is 11.9 Å². The van der Waals surface area contributed by atoms with Gasteiger partial charge in [0.1, 0.15) is 0 Å². The van der Waals surface area contributed by atoms with Gasteiger partial charge in [0.2, 0.25) is 5.91 Å². The molecule has 6 nitrogen and oxygen atoms in total. The highest BCUT2D eigenvalue weighted by Crippen LogP contribution is 2.18. The third-order valence-electron chi connectivity index (χ3n) is 15.4. The molecule has 0 spiro atoms. The lowest BCUT2D eigenvalue weighted by Crippen LogP contribution is -2.45. The van der Waals surface area contributed by atoms with E-state index in [1.54, 1.807) is 6.08 Å². The first-order chi connectivity index (χ1) is 36.5. The Balaban J connectivity index is 3.38. The first kappa shape index (κ1) is 72.1. The summed E-state index contributed by atoms with van der Waals surface area (Å²) >= 11 is 0. The number of hydrogen-bond donors (Lipinski definition) is 3. The highest BCUT2D eigenvalue weighted by Gasteiger charge is 2.18. The van der Waals surface area contributed by atoms with Gasteiger partial charge in [-0.15, -0.1) is 0 Å². The molecule has 0 aliphatic rings. The summed E-state index contributed by atoms with van der Waals surface area (Å²) in [5, 5.41) is 23.0. The van der Waals surface area contributed by atoms with Crippen LogP contribution in [0, 0.1) is 0 Å². The van der Waals surface area contributed by atoms with E-state index >= 15 is 0 Å².